The van der Waals surface area contributed by atoms with Gasteiger partial charge in [0, 0.05) is 32.1 Å². The molecule has 0 aliphatic carbocycles. The molecule has 0 spiro atoms. The summed E-state index contributed by atoms with van der Waals surface area (Å²) in [5, 5.41) is 6.10. The van der Waals surface area contributed by atoms with Crippen LogP contribution in [0.4, 0.5) is 4.79 Å². The summed E-state index contributed by atoms with van der Waals surface area (Å²) < 4.78 is 0. The molecule has 1 heterocycles. The summed E-state index contributed by atoms with van der Waals surface area (Å²) in [6.45, 7) is 9.30. The first kappa shape index (κ1) is 17.8. The van der Waals surface area contributed by atoms with E-state index in [0.29, 0.717) is 24.8 Å². The van der Waals surface area contributed by atoms with Crippen LogP contribution in [0.5, 0.6) is 0 Å². The van der Waals surface area contributed by atoms with Gasteiger partial charge in [0.1, 0.15) is 0 Å². The van der Waals surface area contributed by atoms with Crippen LogP contribution in [0.15, 0.2) is 0 Å². The van der Waals surface area contributed by atoms with Crippen molar-refractivity contribution in [2.24, 2.45) is 11.8 Å². The van der Waals surface area contributed by atoms with Crippen LogP contribution in [0.2, 0.25) is 0 Å². The third-order valence-corrected chi connectivity index (χ3v) is 3.81. The average Bonchev–Trinajstić information content (AvgIpc) is 2.31. The Morgan fingerprint density at radius 1 is 1.24 bits per heavy atom. The second-order valence-corrected chi connectivity index (χ2v) is 7.08. The van der Waals surface area contributed by atoms with E-state index >= 15 is 0 Å². The first-order chi connectivity index (χ1) is 9.77. The molecule has 5 heteroatoms. The lowest BCUT2D eigenvalue weighted by Gasteiger charge is -2.31. The monoisotopic (exact) mass is 297 g/mol. The quantitative estimate of drug-likeness (QED) is 0.790. The van der Waals surface area contributed by atoms with Gasteiger partial charge in [0.25, 0.3) is 0 Å². The van der Waals surface area contributed by atoms with Gasteiger partial charge < -0.3 is 15.5 Å². The SMILES string of the molecule is CC(C)CC(CC(C)C)NC(=O)N[C@@H]1CCC(=O)N(C)C1. The van der Waals surface area contributed by atoms with Gasteiger partial charge in [0.15, 0.2) is 0 Å². The third kappa shape index (κ3) is 6.82. The number of nitrogens with one attached hydrogen (secondary N) is 2. The van der Waals surface area contributed by atoms with Crippen molar-refractivity contribution in [3.8, 4) is 0 Å². The lowest BCUT2D eigenvalue weighted by atomic mass is 9.96. The molecule has 1 rings (SSSR count). The predicted octanol–water partition coefficient (Wildman–Crippen LogP) is 2.37. The molecule has 1 fully saturated rings. The lowest BCUT2D eigenvalue weighted by Crippen LogP contribution is -2.52. The van der Waals surface area contributed by atoms with Gasteiger partial charge in [-0.05, 0) is 31.1 Å². The minimum atomic E-state index is -0.103. The first-order valence-corrected chi connectivity index (χ1v) is 8.09. The minimum absolute atomic E-state index is 0.0615. The van der Waals surface area contributed by atoms with Gasteiger partial charge in [0.2, 0.25) is 5.91 Å². The number of urea groups is 1. The molecule has 122 valence electrons. The Morgan fingerprint density at radius 3 is 2.29 bits per heavy atom. The van der Waals surface area contributed by atoms with Crippen LogP contribution in [0.25, 0.3) is 0 Å². The molecule has 0 bridgehead atoms. The molecule has 0 aromatic rings. The number of piperidine rings is 1. The minimum Gasteiger partial charge on any atom is -0.344 e. The van der Waals surface area contributed by atoms with E-state index in [4.69, 9.17) is 0 Å². The highest BCUT2D eigenvalue weighted by Crippen LogP contribution is 2.14. The fraction of sp³-hybridized carbons (Fsp3) is 0.875. The van der Waals surface area contributed by atoms with Crippen molar-refractivity contribution in [3.05, 3.63) is 0 Å². The highest BCUT2D eigenvalue weighted by molar-refractivity contribution is 5.78. The fourth-order valence-corrected chi connectivity index (χ4v) is 2.89. The Morgan fingerprint density at radius 2 is 1.81 bits per heavy atom. The zero-order valence-corrected chi connectivity index (χ0v) is 14.1. The van der Waals surface area contributed by atoms with E-state index in [1.807, 2.05) is 0 Å². The number of likely N-dealkylation sites (N-methyl/N-ethyl adjacent to an activating group) is 1. The van der Waals surface area contributed by atoms with E-state index in [9.17, 15) is 9.59 Å². The largest absolute Gasteiger partial charge is 0.344 e. The van der Waals surface area contributed by atoms with Gasteiger partial charge in [0.05, 0.1) is 0 Å². The number of carbonyl (C=O) groups excluding carboxylic acids is 2. The molecule has 1 saturated heterocycles. The summed E-state index contributed by atoms with van der Waals surface area (Å²) in [5.41, 5.74) is 0. The molecular weight excluding hydrogens is 266 g/mol. The zero-order chi connectivity index (χ0) is 16.0. The van der Waals surface area contributed by atoms with Crippen molar-refractivity contribution in [3.63, 3.8) is 0 Å². The first-order valence-electron chi connectivity index (χ1n) is 8.09. The van der Waals surface area contributed by atoms with Crippen molar-refractivity contribution in [2.45, 2.75) is 65.5 Å². The summed E-state index contributed by atoms with van der Waals surface area (Å²) in [6, 6.07) is 0.174. The van der Waals surface area contributed by atoms with Crippen molar-refractivity contribution in [2.75, 3.05) is 13.6 Å². The number of carbonyl (C=O) groups is 2. The molecule has 0 saturated carbocycles. The van der Waals surface area contributed by atoms with Crippen LogP contribution in [-0.4, -0.2) is 42.5 Å². The Hall–Kier alpha value is -1.26. The summed E-state index contributed by atoms with van der Waals surface area (Å²) >= 11 is 0. The molecule has 1 aliphatic rings. The molecule has 0 aromatic heterocycles. The zero-order valence-electron chi connectivity index (χ0n) is 14.1. The van der Waals surface area contributed by atoms with E-state index in [-0.39, 0.29) is 24.0 Å². The van der Waals surface area contributed by atoms with Crippen LogP contribution in [0.3, 0.4) is 0 Å². The highest BCUT2D eigenvalue weighted by Gasteiger charge is 2.24. The normalized spacial score (nSPS) is 19.5. The number of hydrogen-bond acceptors (Lipinski definition) is 2. The second-order valence-electron chi connectivity index (χ2n) is 7.08. The van der Waals surface area contributed by atoms with Gasteiger partial charge in [-0.15, -0.1) is 0 Å². The summed E-state index contributed by atoms with van der Waals surface area (Å²) in [4.78, 5) is 25.3. The second kappa shape index (κ2) is 8.25. The van der Waals surface area contributed by atoms with Crippen LogP contribution < -0.4 is 10.6 Å². The Labute approximate surface area is 128 Å². The van der Waals surface area contributed by atoms with Gasteiger partial charge in [-0.25, -0.2) is 4.79 Å². The molecule has 21 heavy (non-hydrogen) atoms. The molecule has 3 amide bonds. The Balaban J connectivity index is 2.44. The van der Waals surface area contributed by atoms with Crippen LogP contribution in [0.1, 0.15) is 53.4 Å². The van der Waals surface area contributed by atoms with Crippen molar-refractivity contribution in [1.82, 2.24) is 15.5 Å². The average molecular weight is 297 g/mol. The number of likely N-dealkylation sites (tertiary alicyclic amines) is 1. The maximum atomic E-state index is 12.1. The lowest BCUT2D eigenvalue weighted by molar-refractivity contribution is -0.132. The van der Waals surface area contributed by atoms with E-state index in [0.717, 1.165) is 19.3 Å². The maximum absolute atomic E-state index is 12.1. The molecular formula is C16H31N3O2. The van der Waals surface area contributed by atoms with Gasteiger partial charge in [-0.1, -0.05) is 27.7 Å². The van der Waals surface area contributed by atoms with E-state index in [2.05, 4.69) is 38.3 Å². The number of nitrogens with zero attached hydrogens (tertiary/aromatic N) is 1. The van der Waals surface area contributed by atoms with E-state index in [1.165, 1.54) is 0 Å². The highest BCUT2D eigenvalue weighted by atomic mass is 16.2. The molecule has 2 N–H and O–H groups in total. The summed E-state index contributed by atoms with van der Waals surface area (Å²) in [7, 11) is 1.79. The van der Waals surface area contributed by atoms with E-state index < -0.39 is 0 Å². The molecule has 5 nitrogen and oxygen atoms in total. The van der Waals surface area contributed by atoms with Crippen molar-refractivity contribution < 1.29 is 9.59 Å². The van der Waals surface area contributed by atoms with Crippen molar-refractivity contribution in [1.29, 1.82) is 0 Å². The van der Waals surface area contributed by atoms with Crippen LogP contribution in [-0.2, 0) is 4.79 Å². The fourth-order valence-electron chi connectivity index (χ4n) is 2.89. The standard InChI is InChI=1S/C16H31N3O2/c1-11(2)8-14(9-12(3)4)18-16(21)17-13-6-7-15(20)19(5)10-13/h11-14H,6-10H2,1-5H3,(H2,17,18,21)/t13-/m1/s1. The Kier molecular flexibility index (Phi) is 6.99. The number of hydrogen-bond donors (Lipinski definition) is 2. The summed E-state index contributed by atoms with van der Waals surface area (Å²) in [6.07, 6.45) is 3.24. The summed E-state index contributed by atoms with van der Waals surface area (Å²) in [5.74, 6) is 1.28. The predicted molar refractivity (Wildman–Crippen MR) is 85.0 cm³/mol. The smallest absolute Gasteiger partial charge is 0.315 e. The number of amides is 3. The molecule has 1 aliphatic heterocycles. The van der Waals surface area contributed by atoms with Gasteiger partial charge in [-0.3, -0.25) is 4.79 Å². The topological polar surface area (TPSA) is 61.4 Å². The van der Waals surface area contributed by atoms with Crippen LogP contribution >= 0.6 is 0 Å². The van der Waals surface area contributed by atoms with Gasteiger partial charge in [-0.2, -0.15) is 0 Å². The maximum Gasteiger partial charge on any atom is 0.315 e. The molecule has 1 atom stereocenters. The van der Waals surface area contributed by atoms with Crippen LogP contribution in [0, 0.1) is 11.8 Å². The molecule has 0 radical (unpaired) electrons. The van der Waals surface area contributed by atoms with Gasteiger partial charge >= 0.3 is 6.03 Å². The molecule has 0 aromatic carbocycles. The van der Waals surface area contributed by atoms with Crippen molar-refractivity contribution >= 4 is 11.9 Å². The number of rotatable bonds is 6. The van der Waals surface area contributed by atoms with E-state index in [1.54, 1.807) is 11.9 Å². The third-order valence-electron chi connectivity index (χ3n) is 3.81. The molecule has 0 unspecified atom stereocenters. The Bertz CT molecular complexity index is 345.